The molecular formula is C23H46NO2+. The molecule has 2 saturated heterocycles. The zero-order valence-corrected chi connectivity index (χ0v) is 17.7. The van der Waals surface area contributed by atoms with Gasteiger partial charge in [-0.25, -0.2) is 0 Å². The van der Waals surface area contributed by atoms with Crippen molar-refractivity contribution >= 4 is 0 Å². The van der Waals surface area contributed by atoms with Crippen molar-refractivity contribution in [1.82, 2.24) is 0 Å². The van der Waals surface area contributed by atoms with E-state index in [1.165, 1.54) is 121 Å². The van der Waals surface area contributed by atoms with Gasteiger partial charge in [-0.05, 0) is 12.8 Å². The van der Waals surface area contributed by atoms with Crippen LogP contribution in [0.5, 0.6) is 0 Å². The number of nitrogens with zero attached hydrogens (tertiary/aromatic N) is 1. The van der Waals surface area contributed by atoms with E-state index < -0.39 is 0 Å². The molecule has 154 valence electrons. The third kappa shape index (κ3) is 10.3. The van der Waals surface area contributed by atoms with Crippen molar-refractivity contribution in [2.45, 2.75) is 103 Å². The summed E-state index contributed by atoms with van der Waals surface area (Å²) in [5.41, 5.74) is 0. The molecular weight excluding hydrogens is 322 g/mol. The minimum atomic E-state index is 0.555. The van der Waals surface area contributed by atoms with Crippen LogP contribution in [0.15, 0.2) is 0 Å². The molecule has 0 amide bonds. The second-order valence-corrected chi connectivity index (χ2v) is 8.86. The van der Waals surface area contributed by atoms with Crippen molar-refractivity contribution in [2.75, 3.05) is 46.0 Å². The number of hydrogen-bond donors (Lipinski definition) is 0. The Kier molecular flexibility index (Phi) is 11.9. The molecule has 26 heavy (non-hydrogen) atoms. The Morgan fingerprint density at radius 2 is 1.15 bits per heavy atom. The molecule has 2 fully saturated rings. The Labute approximate surface area is 163 Å². The summed E-state index contributed by atoms with van der Waals surface area (Å²) >= 11 is 0. The van der Waals surface area contributed by atoms with E-state index in [9.17, 15) is 0 Å². The maximum absolute atomic E-state index is 5.59. The Morgan fingerprint density at radius 3 is 1.62 bits per heavy atom. The largest absolute Gasteiger partial charge is 0.370 e. The molecule has 0 aromatic carbocycles. The number of rotatable bonds is 17. The first-order chi connectivity index (χ1) is 12.8. The van der Waals surface area contributed by atoms with Crippen LogP contribution >= 0.6 is 0 Å². The molecule has 0 aliphatic carbocycles. The van der Waals surface area contributed by atoms with Gasteiger partial charge in [0.25, 0.3) is 0 Å². The van der Waals surface area contributed by atoms with E-state index in [-0.39, 0.29) is 0 Å². The van der Waals surface area contributed by atoms with Crippen LogP contribution in [-0.4, -0.2) is 56.6 Å². The molecule has 1 atom stereocenters. The van der Waals surface area contributed by atoms with E-state index in [1.807, 2.05) is 0 Å². The van der Waals surface area contributed by atoms with Crippen molar-refractivity contribution in [3.8, 4) is 0 Å². The molecule has 2 heterocycles. The van der Waals surface area contributed by atoms with Crippen molar-refractivity contribution in [2.24, 2.45) is 0 Å². The second-order valence-electron chi connectivity index (χ2n) is 8.86. The van der Waals surface area contributed by atoms with Crippen LogP contribution in [0.4, 0.5) is 0 Å². The number of morpholine rings is 1. The third-order valence-corrected chi connectivity index (χ3v) is 6.40. The summed E-state index contributed by atoms with van der Waals surface area (Å²) in [6, 6.07) is 0. The quantitative estimate of drug-likeness (QED) is 0.186. The molecule has 0 aromatic rings. The molecule has 0 radical (unpaired) electrons. The molecule has 2 rings (SSSR count). The SMILES string of the molecule is CCCCCCCCCCCCCCCC[N+]1(CC2CO2)CCOCC1. The van der Waals surface area contributed by atoms with Crippen LogP contribution in [0.25, 0.3) is 0 Å². The normalized spacial score (nSPS) is 21.8. The van der Waals surface area contributed by atoms with Gasteiger partial charge in [0.15, 0.2) is 0 Å². The highest BCUT2D eigenvalue weighted by Gasteiger charge is 2.37. The van der Waals surface area contributed by atoms with E-state index in [2.05, 4.69) is 6.92 Å². The average Bonchev–Trinajstić information content (AvgIpc) is 3.46. The van der Waals surface area contributed by atoms with E-state index >= 15 is 0 Å². The van der Waals surface area contributed by atoms with E-state index in [0.29, 0.717) is 6.10 Å². The molecule has 0 saturated carbocycles. The summed E-state index contributed by atoms with van der Waals surface area (Å²) < 4.78 is 12.4. The zero-order chi connectivity index (χ0) is 18.3. The first kappa shape index (κ1) is 22.2. The van der Waals surface area contributed by atoms with E-state index in [4.69, 9.17) is 9.47 Å². The topological polar surface area (TPSA) is 21.8 Å². The number of unbranched alkanes of at least 4 members (excludes halogenated alkanes) is 13. The Morgan fingerprint density at radius 1 is 0.692 bits per heavy atom. The molecule has 0 spiro atoms. The summed E-state index contributed by atoms with van der Waals surface area (Å²) in [5.74, 6) is 0. The lowest BCUT2D eigenvalue weighted by atomic mass is 10.0. The van der Waals surface area contributed by atoms with Gasteiger partial charge in [0.05, 0.1) is 26.4 Å². The van der Waals surface area contributed by atoms with Gasteiger partial charge in [-0.15, -0.1) is 0 Å². The van der Waals surface area contributed by atoms with Gasteiger partial charge in [0, 0.05) is 0 Å². The standard InChI is InChI=1S/C23H46NO2/c1-2-3-4-5-6-7-8-9-10-11-12-13-14-15-16-24(21-23-22-26-23)17-19-25-20-18-24/h23H,2-22H2,1H3/q+1. The second kappa shape index (κ2) is 14.0. The van der Waals surface area contributed by atoms with E-state index in [0.717, 1.165) is 19.8 Å². The van der Waals surface area contributed by atoms with Crippen molar-refractivity contribution < 1.29 is 14.0 Å². The molecule has 1 unspecified atom stereocenters. The number of hydrogen-bond acceptors (Lipinski definition) is 2. The van der Waals surface area contributed by atoms with Crippen LogP contribution in [0, 0.1) is 0 Å². The van der Waals surface area contributed by atoms with Gasteiger partial charge in [0.2, 0.25) is 0 Å². The highest BCUT2D eigenvalue weighted by atomic mass is 16.6. The first-order valence-electron chi connectivity index (χ1n) is 11.9. The van der Waals surface area contributed by atoms with Crippen molar-refractivity contribution in [1.29, 1.82) is 0 Å². The number of epoxide rings is 1. The summed E-state index contributed by atoms with van der Waals surface area (Å²) in [4.78, 5) is 0. The average molecular weight is 369 g/mol. The van der Waals surface area contributed by atoms with Gasteiger partial charge in [-0.1, -0.05) is 84.0 Å². The monoisotopic (exact) mass is 368 g/mol. The summed E-state index contributed by atoms with van der Waals surface area (Å²) in [6.07, 6.45) is 20.8. The van der Waals surface area contributed by atoms with Crippen LogP contribution in [0.3, 0.4) is 0 Å². The minimum Gasteiger partial charge on any atom is -0.370 e. The molecule has 2 aliphatic rings. The van der Waals surface area contributed by atoms with Gasteiger partial charge in [-0.2, -0.15) is 0 Å². The maximum Gasteiger partial charge on any atom is 0.130 e. The fourth-order valence-corrected chi connectivity index (χ4v) is 4.47. The highest BCUT2D eigenvalue weighted by molar-refractivity contribution is 4.70. The summed E-state index contributed by atoms with van der Waals surface area (Å²) in [7, 11) is 0. The van der Waals surface area contributed by atoms with Crippen molar-refractivity contribution in [3.63, 3.8) is 0 Å². The Balaban J connectivity index is 1.36. The molecule has 3 nitrogen and oxygen atoms in total. The number of quaternary nitrogens is 1. The van der Waals surface area contributed by atoms with Crippen LogP contribution in [-0.2, 0) is 9.47 Å². The number of ether oxygens (including phenoxy) is 2. The lowest BCUT2D eigenvalue weighted by molar-refractivity contribution is -0.935. The van der Waals surface area contributed by atoms with Gasteiger partial charge < -0.3 is 14.0 Å². The van der Waals surface area contributed by atoms with Crippen LogP contribution in [0.1, 0.15) is 96.8 Å². The minimum absolute atomic E-state index is 0.555. The third-order valence-electron chi connectivity index (χ3n) is 6.40. The Hall–Kier alpha value is -0.120. The fourth-order valence-electron chi connectivity index (χ4n) is 4.47. The summed E-state index contributed by atoms with van der Waals surface area (Å²) in [6.45, 7) is 10.2. The highest BCUT2D eigenvalue weighted by Crippen LogP contribution is 2.21. The lowest BCUT2D eigenvalue weighted by Crippen LogP contribution is -2.57. The fraction of sp³-hybridized carbons (Fsp3) is 1.00. The molecule has 3 heteroatoms. The lowest BCUT2D eigenvalue weighted by Gasteiger charge is -2.41. The van der Waals surface area contributed by atoms with Crippen LogP contribution < -0.4 is 0 Å². The van der Waals surface area contributed by atoms with Gasteiger partial charge in [-0.3, -0.25) is 0 Å². The van der Waals surface area contributed by atoms with E-state index in [1.54, 1.807) is 0 Å². The predicted octanol–water partition coefficient (Wildman–Crippen LogP) is 5.71. The molecule has 0 aromatic heterocycles. The summed E-state index contributed by atoms with van der Waals surface area (Å²) in [5, 5.41) is 0. The predicted molar refractivity (Wildman–Crippen MR) is 111 cm³/mol. The first-order valence-corrected chi connectivity index (χ1v) is 11.9. The van der Waals surface area contributed by atoms with Crippen LogP contribution in [0.2, 0.25) is 0 Å². The maximum atomic E-state index is 5.59. The van der Waals surface area contributed by atoms with Crippen molar-refractivity contribution in [3.05, 3.63) is 0 Å². The molecule has 2 aliphatic heterocycles. The van der Waals surface area contributed by atoms with Gasteiger partial charge >= 0.3 is 0 Å². The zero-order valence-electron chi connectivity index (χ0n) is 17.7. The Bertz CT molecular complexity index is 324. The molecule has 0 bridgehead atoms. The molecule has 0 N–H and O–H groups in total. The smallest absolute Gasteiger partial charge is 0.130 e. The van der Waals surface area contributed by atoms with Gasteiger partial charge in [0.1, 0.15) is 25.7 Å².